The molecule has 0 atom stereocenters. The third kappa shape index (κ3) is 4.12. The summed E-state index contributed by atoms with van der Waals surface area (Å²) in [5.41, 5.74) is 3.05. The molecule has 3 heterocycles. The summed E-state index contributed by atoms with van der Waals surface area (Å²) in [6, 6.07) is 7.35. The molecule has 1 fully saturated rings. The average molecular weight is 397 g/mol. The predicted molar refractivity (Wildman–Crippen MR) is 107 cm³/mol. The molecular weight excluding hydrogens is 370 g/mol. The van der Waals surface area contributed by atoms with E-state index in [1.807, 2.05) is 29.2 Å². The number of benzene rings is 1. The van der Waals surface area contributed by atoms with Gasteiger partial charge < -0.3 is 25.3 Å². The number of rotatable bonds is 5. The van der Waals surface area contributed by atoms with Gasteiger partial charge >= 0.3 is 0 Å². The Kier molecular flexibility index (Phi) is 5.53. The molecule has 4 rings (SSSR count). The number of nitrogens with zero attached hydrogens (tertiary/aromatic N) is 2. The van der Waals surface area contributed by atoms with Gasteiger partial charge in [0.05, 0.1) is 37.6 Å². The van der Waals surface area contributed by atoms with Gasteiger partial charge in [-0.1, -0.05) is 12.1 Å². The van der Waals surface area contributed by atoms with Crippen molar-refractivity contribution in [3.63, 3.8) is 0 Å². The number of carbonyl (C=O) groups is 2. The minimum absolute atomic E-state index is 0.0308. The van der Waals surface area contributed by atoms with Gasteiger partial charge in [0.15, 0.2) is 0 Å². The Hall–Kier alpha value is -2.87. The Bertz CT molecular complexity index is 869. The average Bonchev–Trinajstić information content (AvgIpc) is 3.24. The molecule has 2 amide bonds. The summed E-state index contributed by atoms with van der Waals surface area (Å²) >= 11 is 0. The second-order valence-electron chi connectivity index (χ2n) is 7.67. The topological polar surface area (TPSA) is 99.4 Å². The number of piperidine rings is 1. The number of hydrogen-bond acceptors (Lipinski definition) is 5. The molecule has 8 heteroatoms. The Morgan fingerprint density at radius 1 is 1.24 bits per heavy atom. The van der Waals surface area contributed by atoms with Crippen LogP contribution in [-0.4, -0.2) is 60.0 Å². The monoisotopic (exact) mass is 397 g/mol. The Morgan fingerprint density at radius 2 is 2.00 bits per heavy atom. The highest BCUT2D eigenvalue weighted by Crippen LogP contribution is 2.35. The van der Waals surface area contributed by atoms with E-state index in [0.717, 1.165) is 42.8 Å². The largest absolute Gasteiger partial charge is 0.497 e. The van der Waals surface area contributed by atoms with Crippen LogP contribution in [0.25, 0.3) is 0 Å². The predicted octanol–water partition coefficient (Wildman–Crippen LogP) is 0.741. The Labute approximate surface area is 170 Å². The van der Waals surface area contributed by atoms with Crippen LogP contribution in [0.1, 0.15) is 29.8 Å². The highest BCUT2D eigenvalue weighted by Gasteiger charge is 2.41. The van der Waals surface area contributed by atoms with Crippen molar-refractivity contribution >= 4 is 11.8 Å². The zero-order valence-corrected chi connectivity index (χ0v) is 16.7. The lowest BCUT2D eigenvalue weighted by Gasteiger charge is -2.44. The van der Waals surface area contributed by atoms with Crippen LogP contribution in [0.4, 0.5) is 0 Å². The molecule has 1 aromatic heterocycles. The smallest absolute Gasteiger partial charge is 0.241 e. The highest BCUT2D eigenvalue weighted by molar-refractivity contribution is 5.85. The maximum Gasteiger partial charge on any atom is 0.241 e. The molecule has 0 unspecified atom stereocenters. The molecule has 0 aliphatic carbocycles. The van der Waals surface area contributed by atoms with Gasteiger partial charge in [-0.25, -0.2) is 4.98 Å². The fourth-order valence-electron chi connectivity index (χ4n) is 4.26. The molecule has 29 heavy (non-hydrogen) atoms. The SMILES string of the molecule is COc1ccc(CC(=O)NCC(=O)N2CCC3(CC2)NCCc2[nH]cnc23)cc1. The first-order valence-electron chi connectivity index (χ1n) is 10.0. The van der Waals surface area contributed by atoms with Gasteiger partial charge in [0, 0.05) is 31.7 Å². The molecule has 0 saturated carbocycles. The number of ether oxygens (including phenoxy) is 1. The molecule has 2 aromatic rings. The summed E-state index contributed by atoms with van der Waals surface area (Å²) in [6.45, 7) is 2.27. The molecule has 1 saturated heterocycles. The second kappa shape index (κ2) is 8.24. The minimum Gasteiger partial charge on any atom is -0.497 e. The summed E-state index contributed by atoms with van der Waals surface area (Å²) in [5, 5.41) is 6.37. The van der Waals surface area contributed by atoms with Gasteiger partial charge in [-0.2, -0.15) is 0 Å². The maximum atomic E-state index is 12.6. The number of nitrogens with one attached hydrogen (secondary N) is 3. The second-order valence-corrected chi connectivity index (χ2v) is 7.67. The van der Waals surface area contributed by atoms with Crippen molar-refractivity contribution in [2.75, 3.05) is 33.3 Å². The number of methoxy groups -OCH3 is 1. The van der Waals surface area contributed by atoms with Crippen LogP contribution in [0, 0.1) is 0 Å². The van der Waals surface area contributed by atoms with Gasteiger partial charge in [0.25, 0.3) is 0 Å². The highest BCUT2D eigenvalue weighted by atomic mass is 16.5. The minimum atomic E-state index is -0.160. The first-order valence-corrected chi connectivity index (χ1v) is 10.0. The standard InChI is InChI=1S/C21H27N5O3/c1-29-16-4-2-15(3-5-16)12-18(27)22-13-19(28)26-10-7-21(8-11-26)20-17(6-9-25-21)23-14-24-20/h2-5,14,25H,6-13H2,1H3,(H,22,27)(H,23,24). The maximum absolute atomic E-state index is 12.6. The number of imidazole rings is 1. The summed E-state index contributed by atoms with van der Waals surface area (Å²) in [7, 11) is 1.60. The lowest BCUT2D eigenvalue weighted by Crippen LogP contribution is -2.56. The van der Waals surface area contributed by atoms with Crippen molar-refractivity contribution in [1.29, 1.82) is 0 Å². The van der Waals surface area contributed by atoms with Crippen LogP contribution < -0.4 is 15.4 Å². The molecule has 1 aromatic carbocycles. The fourth-order valence-corrected chi connectivity index (χ4v) is 4.26. The number of hydrogen-bond donors (Lipinski definition) is 3. The lowest BCUT2D eigenvalue weighted by atomic mass is 9.80. The van der Waals surface area contributed by atoms with E-state index in [1.165, 1.54) is 5.69 Å². The van der Waals surface area contributed by atoms with Gasteiger partial charge in [-0.3, -0.25) is 9.59 Å². The van der Waals surface area contributed by atoms with Crippen LogP contribution in [0.3, 0.4) is 0 Å². The third-order valence-corrected chi connectivity index (χ3v) is 5.94. The normalized spacial score (nSPS) is 17.6. The zero-order chi connectivity index (χ0) is 20.3. The van der Waals surface area contributed by atoms with Gasteiger partial charge in [-0.05, 0) is 30.5 Å². The molecule has 1 spiro atoms. The first kappa shape index (κ1) is 19.4. The number of likely N-dealkylation sites (tertiary alicyclic amines) is 1. The van der Waals surface area contributed by atoms with Crippen molar-refractivity contribution < 1.29 is 14.3 Å². The number of aromatic amines is 1. The van der Waals surface area contributed by atoms with Crippen molar-refractivity contribution in [1.82, 2.24) is 25.5 Å². The Balaban J connectivity index is 1.25. The summed E-state index contributed by atoms with van der Waals surface area (Å²) < 4.78 is 5.12. The Morgan fingerprint density at radius 3 is 2.72 bits per heavy atom. The molecular formula is C21H27N5O3. The van der Waals surface area contributed by atoms with E-state index in [2.05, 4.69) is 20.6 Å². The van der Waals surface area contributed by atoms with Crippen molar-refractivity contribution in [2.45, 2.75) is 31.2 Å². The van der Waals surface area contributed by atoms with Crippen molar-refractivity contribution in [3.05, 3.63) is 47.5 Å². The van der Waals surface area contributed by atoms with Crippen LogP contribution in [0.2, 0.25) is 0 Å². The zero-order valence-electron chi connectivity index (χ0n) is 16.7. The lowest BCUT2D eigenvalue weighted by molar-refractivity contribution is -0.134. The first-order chi connectivity index (χ1) is 14.1. The van der Waals surface area contributed by atoms with Gasteiger partial charge in [-0.15, -0.1) is 0 Å². The molecule has 8 nitrogen and oxygen atoms in total. The molecule has 154 valence electrons. The van der Waals surface area contributed by atoms with E-state index in [0.29, 0.717) is 13.1 Å². The molecule has 2 aliphatic heterocycles. The van der Waals surface area contributed by atoms with Crippen LogP contribution in [0.15, 0.2) is 30.6 Å². The summed E-state index contributed by atoms with van der Waals surface area (Å²) in [4.78, 5) is 34.3. The van der Waals surface area contributed by atoms with E-state index < -0.39 is 0 Å². The van der Waals surface area contributed by atoms with E-state index in [9.17, 15) is 9.59 Å². The number of carbonyl (C=O) groups excluding carboxylic acids is 2. The molecule has 3 N–H and O–H groups in total. The number of aromatic nitrogens is 2. The third-order valence-electron chi connectivity index (χ3n) is 5.94. The number of fused-ring (bicyclic) bond motifs is 2. The van der Waals surface area contributed by atoms with Crippen LogP contribution in [0.5, 0.6) is 5.75 Å². The van der Waals surface area contributed by atoms with Crippen LogP contribution in [-0.2, 0) is 28.0 Å². The number of H-pyrrole nitrogens is 1. The number of amides is 2. The molecule has 0 bridgehead atoms. The van der Waals surface area contributed by atoms with E-state index in [-0.39, 0.29) is 30.3 Å². The summed E-state index contributed by atoms with van der Waals surface area (Å²) in [6.07, 6.45) is 4.62. The molecule has 2 aliphatic rings. The van der Waals surface area contributed by atoms with Crippen LogP contribution >= 0.6 is 0 Å². The van der Waals surface area contributed by atoms with Gasteiger partial charge in [0.2, 0.25) is 11.8 Å². The molecule has 0 radical (unpaired) electrons. The van der Waals surface area contributed by atoms with E-state index in [4.69, 9.17) is 4.74 Å². The van der Waals surface area contributed by atoms with Gasteiger partial charge in [0.1, 0.15) is 5.75 Å². The van der Waals surface area contributed by atoms with E-state index in [1.54, 1.807) is 13.4 Å². The fraction of sp³-hybridized carbons (Fsp3) is 0.476. The van der Waals surface area contributed by atoms with Crippen molar-refractivity contribution in [3.8, 4) is 5.75 Å². The van der Waals surface area contributed by atoms with Crippen molar-refractivity contribution in [2.24, 2.45) is 0 Å². The quantitative estimate of drug-likeness (QED) is 0.691. The summed E-state index contributed by atoms with van der Waals surface area (Å²) in [5.74, 6) is 0.551. The van der Waals surface area contributed by atoms with E-state index >= 15 is 0 Å².